The maximum atomic E-state index is 5.52. The molecule has 0 unspecified atom stereocenters. The van der Waals surface area contributed by atoms with Gasteiger partial charge in [0.2, 0.25) is 0 Å². The highest BCUT2D eigenvalue weighted by atomic mass is 16.6. The summed E-state index contributed by atoms with van der Waals surface area (Å²) in [6, 6.07) is 10.2. The average Bonchev–Trinajstić information content (AvgIpc) is 3.05. The number of methoxy groups -OCH3 is 1. The molecule has 15 heavy (non-hydrogen) atoms. The van der Waals surface area contributed by atoms with Gasteiger partial charge in [0, 0.05) is 7.11 Å². The Kier molecular flexibility index (Phi) is 3.72. The van der Waals surface area contributed by atoms with Crippen molar-refractivity contribution in [2.75, 3.05) is 26.9 Å². The molecule has 1 fully saturated rings. The SMILES string of the molecule is COCCOC[C@@H]1O[C@H]1c1ccccc1. The Hall–Kier alpha value is -0.900. The van der Waals surface area contributed by atoms with Gasteiger partial charge in [-0.05, 0) is 5.56 Å². The number of benzene rings is 1. The quantitative estimate of drug-likeness (QED) is 0.527. The fourth-order valence-corrected chi connectivity index (χ4v) is 1.55. The molecule has 1 aliphatic heterocycles. The largest absolute Gasteiger partial charge is 0.382 e. The molecule has 0 radical (unpaired) electrons. The average molecular weight is 208 g/mol. The second kappa shape index (κ2) is 5.26. The van der Waals surface area contributed by atoms with Gasteiger partial charge in [0.25, 0.3) is 0 Å². The molecule has 3 nitrogen and oxygen atoms in total. The lowest BCUT2D eigenvalue weighted by Crippen LogP contribution is -2.07. The van der Waals surface area contributed by atoms with Crippen LogP contribution in [0.1, 0.15) is 11.7 Å². The summed E-state index contributed by atoms with van der Waals surface area (Å²) in [4.78, 5) is 0. The van der Waals surface area contributed by atoms with Crippen molar-refractivity contribution in [3.05, 3.63) is 35.9 Å². The van der Waals surface area contributed by atoms with Crippen LogP contribution < -0.4 is 0 Å². The van der Waals surface area contributed by atoms with E-state index in [1.807, 2.05) is 18.2 Å². The van der Waals surface area contributed by atoms with Crippen molar-refractivity contribution in [1.82, 2.24) is 0 Å². The molecule has 1 saturated heterocycles. The van der Waals surface area contributed by atoms with Gasteiger partial charge in [-0.25, -0.2) is 0 Å². The Morgan fingerprint density at radius 1 is 1.20 bits per heavy atom. The van der Waals surface area contributed by atoms with E-state index in [0.717, 1.165) is 0 Å². The predicted octanol–water partition coefficient (Wildman–Crippen LogP) is 1.79. The van der Waals surface area contributed by atoms with Gasteiger partial charge in [0.15, 0.2) is 0 Å². The first kappa shape index (κ1) is 10.6. The fraction of sp³-hybridized carbons (Fsp3) is 0.500. The lowest BCUT2D eigenvalue weighted by atomic mass is 10.1. The van der Waals surface area contributed by atoms with Crippen molar-refractivity contribution >= 4 is 0 Å². The summed E-state index contributed by atoms with van der Waals surface area (Å²) in [5.74, 6) is 0. The van der Waals surface area contributed by atoms with Crippen LogP contribution >= 0.6 is 0 Å². The van der Waals surface area contributed by atoms with Gasteiger partial charge in [-0.3, -0.25) is 0 Å². The highest BCUT2D eigenvalue weighted by molar-refractivity contribution is 5.22. The molecule has 2 rings (SSSR count). The molecule has 0 aliphatic carbocycles. The van der Waals surface area contributed by atoms with E-state index < -0.39 is 0 Å². The number of rotatable bonds is 6. The Balaban J connectivity index is 1.68. The molecular formula is C12H16O3. The molecule has 1 aromatic rings. The molecule has 0 bridgehead atoms. The summed E-state index contributed by atoms with van der Waals surface area (Å²) < 4.78 is 15.8. The molecule has 0 saturated carbocycles. The molecule has 3 heteroatoms. The molecule has 0 amide bonds. The van der Waals surface area contributed by atoms with Crippen LogP contribution in [0.5, 0.6) is 0 Å². The lowest BCUT2D eigenvalue weighted by molar-refractivity contribution is 0.0622. The number of hydrogen-bond donors (Lipinski definition) is 0. The van der Waals surface area contributed by atoms with Crippen LogP contribution in [0.3, 0.4) is 0 Å². The zero-order valence-electron chi connectivity index (χ0n) is 8.89. The Morgan fingerprint density at radius 2 is 2.00 bits per heavy atom. The van der Waals surface area contributed by atoms with Crippen LogP contribution in [-0.2, 0) is 14.2 Å². The molecule has 2 atom stereocenters. The first-order chi connectivity index (χ1) is 7.42. The standard InChI is InChI=1S/C12H16O3/c1-13-7-8-14-9-11-12(15-11)10-5-3-2-4-6-10/h2-6,11-12H,7-9H2,1H3/t11-,12-/m0/s1. The highest BCUT2D eigenvalue weighted by Crippen LogP contribution is 2.38. The first-order valence-electron chi connectivity index (χ1n) is 5.19. The Morgan fingerprint density at radius 3 is 2.73 bits per heavy atom. The minimum absolute atomic E-state index is 0.226. The third-order valence-corrected chi connectivity index (χ3v) is 2.42. The molecular weight excluding hydrogens is 192 g/mol. The van der Waals surface area contributed by atoms with E-state index in [1.165, 1.54) is 5.56 Å². The molecule has 1 aliphatic rings. The van der Waals surface area contributed by atoms with Crippen molar-refractivity contribution in [2.45, 2.75) is 12.2 Å². The van der Waals surface area contributed by atoms with E-state index >= 15 is 0 Å². The van der Waals surface area contributed by atoms with E-state index in [-0.39, 0.29) is 12.2 Å². The van der Waals surface area contributed by atoms with Crippen LogP contribution in [-0.4, -0.2) is 33.0 Å². The molecule has 0 aromatic heterocycles. The molecule has 1 heterocycles. The van der Waals surface area contributed by atoms with Crippen LogP contribution in [0.15, 0.2) is 30.3 Å². The van der Waals surface area contributed by atoms with Crippen LogP contribution in [0.4, 0.5) is 0 Å². The molecule has 0 spiro atoms. The monoisotopic (exact) mass is 208 g/mol. The predicted molar refractivity (Wildman–Crippen MR) is 56.8 cm³/mol. The zero-order valence-corrected chi connectivity index (χ0v) is 8.89. The summed E-state index contributed by atoms with van der Waals surface area (Å²) in [5.41, 5.74) is 1.23. The van der Waals surface area contributed by atoms with Crippen LogP contribution in [0.25, 0.3) is 0 Å². The van der Waals surface area contributed by atoms with Gasteiger partial charge in [-0.15, -0.1) is 0 Å². The maximum Gasteiger partial charge on any atom is 0.112 e. The summed E-state index contributed by atoms with van der Waals surface area (Å²) in [7, 11) is 1.67. The lowest BCUT2D eigenvalue weighted by Gasteiger charge is -2.00. The van der Waals surface area contributed by atoms with Gasteiger partial charge >= 0.3 is 0 Å². The number of ether oxygens (including phenoxy) is 3. The Labute approximate surface area is 90.0 Å². The van der Waals surface area contributed by atoms with Crippen molar-refractivity contribution in [1.29, 1.82) is 0 Å². The Bertz CT molecular complexity index is 286. The number of epoxide rings is 1. The van der Waals surface area contributed by atoms with Gasteiger partial charge in [0.05, 0.1) is 19.8 Å². The van der Waals surface area contributed by atoms with Gasteiger partial charge in [-0.2, -0.15) is 0 Å². The van der Waals surface area contributed by atoms with Crippen LogP contribution in [0, 0.1) is 0 Å². The molecule has 0 N–H and O–H groups in total. The minimum atomic E-state index is 0.226. The molecule has 82 valence electrons. The van der Waals surface area contributed by atoms with Crippen LogP contribution in [0.2, 0.25) is 0 Å². The smallest absolute Gasteiger partial charge is 0.112 e. The minimum Gasteiger partial charge on any atom is -0.382 e. The summed E-state index contributed by atoms with van der Waals surface area (Å²) in [6.07, 6.45) is 0.456. The fourth-order valence-electron chi connectivity index (χ4n) is 1.55. The summed E-state index contributed by atoms with van der Waals surface area (Å²) in [5, 5.41) is 0. The van der Waals surface area contributed by atoms with E-state index in [9.17, 15) is 0 Å². The summed E-state index contributed by atoms with van der Waals surface area (Å²) >= 11 is 0. The van der Waals surface area contributed by atoms with E-state index in [1.54, 1.807) is 7.11 Å². The van der Waals surface area contributed by atoms with Crippen molar-refractivity contribution in [3.8, 4) is 0 Å². The van der Waals surface area contributed by atoms with E-state index in [4.69, 9.17) is 14.2 Å². The third kappa shape index (κ3) is 3.02. The highest BCUT2D eigenvalue weighted by Gasteiger charge is 2.39. The number of hydrogen-bond acceptors (Lipinski definition) is 3. The van der Waals surface area contributed by atoms with Crippen molar-refractivity contribution < 1.29 is 14.2 Å². The van der Waals surface area contributed by atoms with E-state index in [0.29, 0.717) is 19.8 Å². The third-order valence-electron chi connectivity index (χ3n) is 2.42. The van der Waals surface area contributed by atoms with Gasteiger partial charge in [0.1, 0.15) is 12.2 Å². The van der Waals surface area contributed by atoms with E-state index in [2.05, 4.69) is 12.1 Å². The zero-order chi connectivity index (χ0) is 10.5. The van der Waals surface area contributed by atoms with Crippen molar-refractivity contribution in [2.24, 2.45) is 0 Å². The van der Waals surface area contributed by atoms with Gasteiger partial charge < -0.3 is 14.2 Å². The topological polar surface area (TPSA) is 31.0 Å². The first-order valence-corrected chi connectivity index (χ1v) is 5.19. The maximum absolute atomic E-state index is 5.52. The summed E-state index contributed by atoms with van der Waals surface area (Å²) in [6.45, 7) is 1.93. The van der Waals surface area contributed by atoms with Gasteiger partial charge in [-0.1, -0.05) is 30.3 Å². The van der Waals surface area contributed by atoms with Crippen molar-refractivity contribution in [3.63, 3.8) is 0 Å². The molecule has 1 aromatic carbocycles. The normalized spacial score (nSPS) is 24.1. The second-order valence-electron chi connectivity index (χ2n) is 3.57. The second-order valence-corrected chi connectivity index (χ2v) is 3.57.